The van der Waals surface area contributed by atoms with Crippen molar-refractivity contribution in [3.8, 4) is 0 Å². The molecule has 3 fully saturated rings. The third-order valence-corrected chi connectivity index (χ3v) is 8.69. The van der Waals surface area contributed by atoms with E-state index in [-0.39, 0.29) is 28.8 Å². The number of rotatable bonds is 5. The quantitative estimate of drug-likeness (QED) is 0.569. The number of hydrogen-bond acceptors (Lipinski definition) is 10. The van der Waals surface area contributed by atoms with Crippen molar-refractivity contribution >= 4 is 40.8 Å². The predicted octanol–water partition coefficient (Wildman–Crippen LogP) is 2.36. The van der Waals surface area contributed by atoms with Crippen molar-refractivity contribution in [3.05, 3.63) is 62.5 Å². The predicted molar refractivity (Wildman–Crippen MR) is 132 cm³/mol. The molecule has 0 radical (unpaired) electrons. The molecule has 2 aromatic rings. The molecule has 1 N–H and O–H groups in total. The maximum Gasteiger partial charge on any atom is 0.410 e. The molecule has 3 saturated heterocycles. The maximum absolute atomic E-state index is 13.9. The number of amides is 1. The van der Waals surface area contributed by atoms with Crippen molar-refractivity contribution in [2.24, 2.45) is 4.99 Å². The van der Waals surface area contributed by atoms with Crippen LogP contribution >= 0.6 is 22.9 Å². The van der Waals surface area contributed by atoms with E-state index in [4.69, 9.17) is 30.8 Å². The number of aromatic nitrogens is 1. The minimum Gasteiger partial charge on any atom is -0.466 e. The molecule has 1 spiro atoms. The topological polar surface area (TPSA) is 106 Å². The van der Waals surface area contributed by atoms with E-state index in [1.807, 2.05) is 5.38 Å². The van der Waals surface area contributed by atoms with E-state index in [1.165, 1.54) is 43.8 Å². The van der Waals surface area contributed by atoms with E-state index in [9.17, 15) is 14.0 Å². The van der Waals surface area contributed by atoms with Gasteiger partial charge in [-0.25, -0.2) is 19.0 Å². The molecule has 4 atom stereocenters. The third-order valence-electron chi connectivity index (χ3n) is 7.58. The minimum atomic E-state index is -0.838. The van der Waals surface area contributed by atoms with Gasteiger partial charge in [-0.1, -0.05) is 17.7 Å². The van der Waals surface area contributed by atoms with E-state index in [0.717, 1.165) is 0 Å². The van der Waals surface area contributed by atoms with Crippen LogP contribution in [0.1, 0.15) is 16.6 Å². The maximum atomic E-state index is 13.9. The van der Waals surface area contributed by atoms with Gasteiger partial charge < -0.3 is 19.5 Å². The average molecular weight is 548 g/mol. The number of piperazine rings is 1. The number of esters is 1. The molecule has 1 amide bonds. The number of halogens is 2. The van der Waals surface area contributed by atoms with Crippen LogP contribution in [0, 0.1) is 5.82 Å². The molecule has 0 saturated carbocycles. The molecule has 10 nitrogen and oxygen atoms in total. The second-order valence-electron chi connectivity index (χ2n) is 9.18. The van der Waals surface area contributed by atoms with Crippen molar-refractivity contribution in [1.29, 1.82) is 0 Å². The Morgan fingerprint density at radius 1 is 1.32 bits per heavy atom. The average Bonchev–Trinajstić information content (AvgIpc) is 3.57. The largest absolute Gasteiger partial charge is 0.466 e. The molecule has 5 heterocycles. The van der Waals surface area contributed by atoms with Crippen LogP contribution in [0.25, 0.3) is 0 Å². The summed E-state index contributed by atoms with van der Waals surface area (Å²) in [6, 6.07) is 3.15. The fraction of sp³-hybridized carbons (Fsp3) is 0.417. The Hall–Kier alpha value is -3.06. The summed E-state index contributed by atoms with van der Waals surface area (Å²) in [6.45, 7) is 1.73. The molecule has 0 bridgehead atoms. The summed E-state index contributed by atoms with van der Waals surface area (Å²) in [4.78, 5) is 38.5. The van der Waals surface area contributed by atoms with E-state index < -0.39 is 23.4 Å². The Kier molecular flexibility index (Phi) is 5.94. The molecule has 6 rings (SSSR count). The van der Waals surface area contributed by atoms with Gasteiger partial charge in [0.25, 0.3) is 0 Å². The van der Waals surface area contributed by atoms with E-state index in [0.29, 0.717) is 48.4 Å². The number of ether oxygens (including phenoxy) is 3. The number of nitrogens with zero attached hydrogens (tertiary/aromatic N) is 4. The zero-order valence-corrected chi connectivity index (χ0v) is 21.5. The van der Waals surface area contributed by atoms with Crippen LogP contribution in [0.5, 0.6) is 0 Å². The first-order valence-corrected chi connectivity index (χ1v) is 12.8. The van der Waals surface area contributed by atoms with Crippen LogP contribution in [0.2, 0.25) is 5.02 Å². The van der Waals surface area contributed by atoms with Gasteiger partial charge in [0, 0.05) is 40.9 Å². The van der Waals surface area contributed by atoms with Crippen molar-refractivity contribution in [1.82, 2.24) is 20.1 Å². The van der Waals surface area contributed by atoms with Gasteiger partial charge in [0.2, 0.25) is 0 Å². The molecule has 37 heavy (non-hydrogen) atoms. The lowest BCUT2D eigenvalue weighted by Gasteiger charge is -2.71. The lowest BCUT2D eigenvalue weighted by atomic mass is 9.66. The van der Waals surface area contributed by atoms with Gasteiger partial charge in [-0.3, -0.25) is 14.8 Å². The molecule has 13 heteroatoms. The van der Waals surface area contributed by atoms with E-state index >= 15 is 0 Å². The standard InChI is InChI=1S/C24H23ClFN5O5S/c1-34-22(32)18-15(8-30-16-9-31(23(33)35-2)24(16)11-36-10-17(24)30)28-20(21-27-5-6-37-21)29-19(18)13-4-3-12(26)7-14(13)25/h3-7,16-17,19H,8-11H2,1-2H3,(H,28,29)/t16?,17?,19-,24?/m0/s1. The molecule has 3 unspecified atom stereocenters. The lowest BCUT2D eigenvalue weighted by Crippen LogP contribution is -2.92. The smallest absolute Gasteiger partial charge is 0.410 e. The first kappa shape index (κ1) is 24.3. The Labute approximate surface area is 220 Å². The summed E-state index contributed by atoms with van der Waals surface area (Å²) < 4.78 is 29.8. The number of amidine groups is 1. The number of hydrogen-bond donors (Lipinski definition) is 1. The summed E-state index contributed by atoms with van der Waals surface area (Å²) in [7, 11) is 2.67. The molecule has 194 valence electrons. The van der Waals surface area contributed by atoms with E-state index in [2.05, 4.69) is 15.2 Å². The highest BCUT2D eigenvalue weighted by Gasteiger charge is 2.74. The fourth-order valence-corrected chi connectivity index (χ4v) is 6.71. The Morgan fingerprint density at radius 3 is 2.86 bits per heavy atom. The minimum absolute atomic E-state index is 0.0438. The fourth-order valence-electron chi connectivity index (χ4n) is 5.85. The molecular formula is C24H23ClFN5O5S. The van der Waals surface area contributed by atoms with Gasteiger partial charge in [0.15, 0.2) is 10.8 Å². The number of likely N-dealkylation sites (tertiary alicyclic amines) is 2. The van der Waals surface area contributed by atoms with Crippen LogP contribution in [-0.4, -0.2) is 90.8 Å². The molecule has 4 aliphatic rings. The van der Waals surface area contributed by atoms with Crippen molar-refractivity contribution in [2.75, 3.05) is 40.5 Å². The third kappa shape index (κ3) is 3.57. The first-order valence-electron chi connectivity index (χ1n) is 11.6. The van der Waals surface area contributed by atoms with Gasteiger partial charge in [0.1, 0.15) is 17.4 Å². The van der Waals surface area contributed by atoms with Crippen LogP contribution in [0.15, 0.2) is 46.0 Å². The van der Waals surface area contributed by atoms with E-state index in [1.54, 1.807) is 11.1 Å². The van der Waals surface area contributed by atoms with Crippen molar-refractivity contribution in [3.63, 3.8) is 0 Å². The van der Waals surface area contributed by atoms with Gasteiger partial charge >= 0.3 is 12.1 Å². The van der Waals surface area contributed by atoms with Gasteiger partial charge in [-0.2, -0.15) is 0 Å². The highest BCUT2D eigenvalue weighted by atomic mass is 35.5. The summed E-state index contributed by atoms with van der Waals surface area (Å²) in [5.41, 5.74) is 0.894. The number of carbonyl (C=O) groups excluding carboxylic acids is 2. The lowest BCUT2D eigenvalue weighted by molar-refractivity contribution is -0.203. The summed E-state index contributed by atoms with van der Waals surface area (Å²) in [5.74, 6) is -0.592. The summed E-state index contributed by atoms with van der Waals surface area (Å²) >= 11 is 7.82. The molecule has 1 aromatic carbocycles. The monoisotopic (exact) mass is 547 g/mol. The normalized spacial score (nSPS) is 28.4. The zero-order chi connectivity index (χ0) is 25.9. The Balaban J connectivity index is 1.39. The van der Waals surface area contributed by atoms with Gasteiger partial charge in [-0.05, 0) is 12.1 Å². The molecule has 1 aromatic heterocycles. The second-order valence-corrected chi connectivity index (χ2v) is 10.5. The van der Waals surface area contributed by atoms with Crippen LogP contribution < -0.4 is 5.32 Å². The van der Waals surface area contributed by atoms with Crippen LogP contribution in [0.3, 0.4) is 0 Å². The van der Waals surface area contributed by atoms with Crippen LogP contribution in [-0.2, 0) is 19.0 Å². The highest BCUT2D eigenvalue weighted by molar-refractivity contribution is 7.11. The number of thiazole rings is 1. The SMILES string of the molecule is COC(=O)C1=C(CN2C3COCC34C2CN4C(=O)OC)NC(c2nccs2)=N[C@H]1c1ccc(F)cc1Cl. The first-order chi connectivity index (χ1) is 17.9. The highest BCUT2D eigenvalue weighted by Crippen LogP contribution is 2.53. The number of methoxy groups -OCH3 is 2. The van der Waals surface area contributed by atoms with Crippen molar-refractivity contribution < 1.29 is 28.2 Å². The summed E-state index contributed by atoms with van der Waals surface area (Å²) in [5, 5.41) is 5.91. The summed E-state index contributed by atoms with van der Waals surface area (Å²) in [6.07, 6.45) is 1.29. The van der Waals surface area contributed by atoms with Gasteiger partial charge in [-0.15, -0.1) is 11.3 Å². The molecule has 0 aliphatic carbocycles. The van der Waals surface area contributed by atoms with Crippen molar-refractivity contribution in [2.45, 2.75) is 23.7 Å². The molecule has 4 aliphatic heterocycles. The number of aliphatic imine (C=N–C) groups is 1. The number of nitrogens with one attached hydrogen (secondary N) is 1. The number of carbonyl (C=O) groups is 2. The Bertz CT molecular complexity index is 1340. The second kappa shape index (κ2) is 9.05. The van der Waals surface area contributed by atoms with Gasteiger partial charge in [0.05, 0.1) is 45.1 Å². The Morgan fingerprint density at radius 2 is 2.16 bits per heavy atom. The zero-order valence-electron chi connectivity index (χ0n) is 19.9. The van der Waals surface area contributed by atoms with Crippen LogP contribution in [0.4, 0.5) is 9.18 Å². The molecular weight excluding hydrogens is 525 g/mol. The number of benzene rings is 1.